The van der Waals surface area contributed by atoms with Crippen molar-refractivity contribution in [3.63, 3.8) is 0 Å². The number of nitro groups is 1. The number of aliphatic imine (C=N–C) groups is 1. The Morgan fingerprint density at radius 1 is 1.18 bits per heavy atom. The van der Waals surface area contributed by atoms with E-state index in [1.807, 2.05) is 50.5 Å². The molecule has 9 nitrogen and oxygen atoms in total. The number of fused-ring (bicyclic) bond motifs is 1. The molecule has 0 radical (unpaired) electrons. The summed E-state index contributed by atoms with van der Waals surface area (Å²) in [6.45, 7) is 1.60. The summed E-state index contributed by atoms with van der Waals surface area (Å²) < 4.78 is 11.5. The number of benzene rings is 1. The van der Waals surface area contributed by atoms with Crippen LogP contribution in [0.4, 0.5) is 0 Å². The molecule has 1 aromatic carbocycles. The van der Waals surface area contributed by atoms with Crippen molar-refractivity contribution in [1.82, 2.24) is 15.2 Å². The summed E-state index contributed by atoms with van der Waals surface area (Å²) in [4.78, 5) is 21.5. The summed E-state index contributed by atoms with van der Waals surface area (Å²) in [6, 6.07) is 11.6. The first-order valence-corrected chi connectivity index (χ1v) is 12.8. The molecule has 0 saturated carbocycles. The fourth-order valence-electron chi connectivity index (χ4n) is 2.97. The SMILES string of the molecule is CN(C)Cc1ccc(CSCCNC(C[N+](=O)[O-])=NCCCSc2nc3ccccc3o2)o1. The zero-order valence-corrected chi connectivity index (χ0v) is 20.5. The van der Waals surface area contributed by atoms with E-state index in [1.165, 1.54) is 11.8 Å². The molecular formula is C22H29N5O4S2. The van der Waals surface area contributed by atoms with E-state index in [9.17, 15) is 10.1 Å². The molecule has 0 aliphatic carbocycles. The van der Waals surface area contributed by atoms with Crippen molar-refractivity contribution < 1.29 is 13.8 Å². The smallest absolute Gasteiger partial charge is 0.259 e. The van der Waals surface area contributed by atoms with Gasteiger partial charge < -0.3 is 19.1 Å². The average Bonchev–Trinajstić information content (AvgIpc) is 3.38. The summed E-state index contributed by atoms with van der Waals surface area (Å²) in [5, 5.41) is 14.7. The van der Waals surface area contributed by atoms with Crippen LogP contribution in [0.3, 0.4) is 0 Å². The first-order valence-electron chi connectivity index (χ1n) is 10.7. The van der Waals surface area contributed by atoms with Gasteiger partial charge in [-0.15, -0.1) is 0 Å². The van der Waals surface area contributed by atoms with E-state index in [0.29, 0.717) is 24.1 Å². The van der Waals surface area contributed by atoms with Crippen LogP contribution >= 0.6 is 23.5 Å². The number of nitrogens with one attached hydrogen (secondary N) is 1. The van der Waals surface area contributed by atoms with Gasteiger partial charge in [0, 0.05) is 29.5 Å². The van der Waals surface area contributed by atoms with E-state index < -0.39 is 0 Å². The quantitative estimate of drug-likeness (QED) is 0.0887. The number of rotatable bonds is 14. The molecule has 0 spiro atoms. The number of thioether (sulfide) groups is 2. The maximum atomic E-state index is 11.0. The largest absolute Gasteiger partial charge is 0.464 e. The van der Waals surface area contributed by atoms with Crippen molar-refractivity contribution >= 4 is 40.5 Å². The van der Waals surface area contributed by atoms with Crippen LogP contribution in [0.2, 0.25) is 0 Å². The third kappa shape index (κ3) is 9.10. The molecule has 0 unspecified atom stereocenters. The topological polar surface area (TPSA) is 110 Å². The van der Waals surface area contributed by atoms with Gasteiger partial charge in [0.2, 0.25) is 0 Å². The Hall–Kier alpha value is -2.50. The fourth-order valence-corrected chi connectivity index (χ4v) is 4.48. The van der Waals surface area contributed by atoms with Gasteiger partial charge in [-0.3, -0.25) is 15.1 Å². The Kier molecular flexibility index (Phi) is 10.1. The van der Waals surface area contributed by atoms with Gasteiger partial charge in [-0.25, -0.2) is 4.98 Å². The maximum Gasteiger partial charge on any atom is 0.259 e. The van der Waals surface area contributed by atoms with Gasteiger partial charge in [-0.2, -0.15) is 11.8 Å². The van der Waals surface area contributed by atoms with Crippen molar-refractivity contribution in [2.45, 2.75) is 23.9 Å². The molecule has 2 aromatic heterocycles. The number of amidine groups is 1. The number of furan rings is 1. The molecule has 2 heterocycles. The van der Waals surface area contributed by atoms with Crippen LogP contribution in [0.1, 0.15) is 17.9 Å². The third-order valence-electron chi connectivity index (χ3n) is 4.39. The molecule has 0 fully saturated rings. The molecule has 11 heteroatoms. The molecule has 1 N–H and O–H groups in total. The summed E-state index contributed by atoms with van der Waals surface area (Å²) >= 11 is 3.24. The Balaban J connectivity index is 1.34. The maximum absolute atomic E-state index is 11.0. The molecule has 33 heavy (non-hydrogen) atoms. The average molecular weight is 492 g/mol. The molecule has 178 valence electrons. The van der Waals surface area contributed by atoms with Crippen molar-refractivity contribution in [3.05, 3.63) is 58.0 Å². The summed E-state index contributed by atoms with van der Waals surface area (Å²) in [7, 11) is 4.01. The minimum atomic E-state index is -0.360. The number of para-hydroxylation sites is 2. The standard InChI is InChI=1S/C22H29N5O4S2/c1-26(2)14-17-8-9-18(30-17)16-32-13-11-24-21(15-27(28)29)23-10-5-12-33-22-25-19-6-3-4-7-20(19)31-22/h3-4,6-9H,5,10-16H2,1-2H3,(H,23,24). The van der Waals surface area contributed by atoms with Gasteiger partial charge in [0.1, 0.15) is 17.0 Å². The lowest BCUT2D eigenvalue weighted by Crippen LogP contribution is -2.32. The summed E-state index contributed by atoms with van der Waals surface area (Å²) in [5.74, 6) is 4.64. The molecule has 0 amide bonds. The molecule has 0 atom stereocenters. The Morgan fingerprint density at radius 2 is 2.00 bits per heavy atom. The van der Waals surface area contributed by atoms with Crippen molar-refractivity contribution in [2.24, 2.45) is 4.99 Å². The minimum Gasteiger partial charge on any atom is -0.464 e. The highest BCUT2D eigenvalue weighted by Crippen LogP contribution is 2.23. The number of nitrogens with zero attached hydrogens (tertiary/aromatic N) is 4. The van der Waals surface area contributed by atoms with Crippen LogP contribution in [0, 0.1) is 10.1 Å². The van der Waals surface area contributed by atoms with Gasteiger partial charge in [0.15, 0.2) is 11.4 Å². The van der Waals surface area contributed by atoms with Gasteiger partial charge in [0.25, 0.3) is 11.8 Å². The summed E-state index contributed by atoms with van der Waals surface area (Å²) in [5.41, 5.74) is 1.61. The van der Waals surface area contributed by atoms with Gasteiger partial charge in [0.05, 0.1) is 12.3 Å². The highest BCUT2D eigenvalue weighted by molar-refractivity contribution is 7.99. The Labute approximate surface area is 201 Å². The first-order chi connectivity index (χ1) is 16.0. The summed E-state index contributed by atoms with van der Waals surface area (Å²) in [6.07, 6.45) is 0.773. The molecule has 0 bridgehead atoms. The van der Waals surface area contributed by atoms with Crippen molar-refractivity contribution in [3.8, 4) is 0 Å². The van der Waals surface area contributed by atoms with Crippen LogP contribution in [0.5, 0.6) is 0 Å². The van der Waals surface area contributed by atoms with E-state index in [4.69, 9.17) is 8.83 Å². The van der Waals surface area contributed by atoms with E-state index >= 15 is 0 Å². The van der Waals surface area contributed by atoms with Gasteiger partial charge >= 0.3 is 0 Å². The molecule has 3 rings (SSSR count). The van der Waals surface area contributed by atoms with Crippen LogP contribution in [-0.4, -0.2) is 65.9 Å². The fraction of sp³-hybridized carbons (Fsp3) is 0.455. The van der Waals surface area contributed by atoms with Gasteiger partial charge in [-0.1, -0.05) is 23.9 Å². The minimum absolute atomic E-state index is 0.297. The Bertz CT molecular complexity index is 1020. The predicted octanol–water partition coefficient (Wildman–Crippen LogP) is 4.16. The van der Waals surface area contributed by atoms with Crippen LogP contribution in [0.25, 0.3) is 11.1 Å². The zero-order valence-electron chi connectivity index (χ0n) is 18.9. The molecule has 0 aliphatic rings. The number of hydrogen-bond acceptors (Lipinski definition) is 9. The van der Waals surface area contributed by atoms with E-state index in [-0.39, 0.29) is 11.5 Å². The molecular weight excluding hydrogens is 462 g/mol. The van der Waals surface area contributed by atoms with Crippen LogP contribution < -0.4 is 5.32 Å². The lowest BCUT2D eigenvalue weighted by atomic mass is 10.3. The van der Waals surface area contributed by atoms with E-state index in [2.05, 4.69) is 20.2 Å². The molecule has 0 saturated heterocycles. The predicted molar refractivity (Wildman–Crippen MR) is 134 cm³/mol. The van der Waals surface area contributed by atoms with E-state index in [0.717, 1.165) is 52.8 Å². The Morgan fingerprint density at radius 3 is 2.79 bits per heavy atom. The van der Waals surface area contributed by atoms with Crippen molar-refractivity contribution in [2.75, 3.05) is 45.2 Å². The molecule has 3 aromatic rings. The monoisotopic (exact) mass is 491 g/mol. The second kappa shape index (κ2) is 13.3. The number of hydrogen-bond donors (Lipinski definition) is 1. The second-order valence-corrected chi connectivity index (χ2v) is 9.71. The lowest BCUT2D eigenvalue weighted by molar-refractivity contribution is -0.463. The highest BCUT2D eigenvalue weighted by Gasteiger charge is 2.08. The zero-order chi connectivity index (χ0) is 23.5. The van der Waals surface area contributed by atoms with Crippen molar-refractivity contribution in [1.29, 1.82) is 0 Å². The second-order valence-electron chi connectivity index (χ2n) is 7.55. The third-order valence-corrected chi connectivity index (χ3v) is 6.29. The van der Waals surface area contributed by atoms with Crippen LogP contribution in [0.15, 0.2) is 55.4 Å². The van der Waals surface area contributed by atoms with Gasteiger partial charge in [-0.05, 0) is 44.8 Å². The van der Waals surface area contributed by atoms with E-state index in [1.54, 1.807) is 11.8 Å². The highest BCUT2D eigenvalue weighted by atomic mass is 32.2. The first kappa shape index (κ1) is 25.1. The molecule has 0 aliphatic heterocycles. The van der Waals surface area contributed by atoms with Crippen LogP contribution in [-0.2, 0) is 12.3 Å². The number of oxazole rings is 1. The number of aromatic nitrogens is 1. The lowest BCUT2D eigenvalue weighted by Gasteiger charge is -2.07. The normalized spacial score (nSPS) is 12.0.